The predicted octanol–water partition coefficient (Wildman–Crippen LogP) is 4.58. The molecule has 0 unspecified atom stereocenters. The van der Waals surface area contributed by atoms with Crippen LogP contribution in [0.25, 0.3) is 22.3 Å². The lowest BCUT2D eigenvalue weighted by Gasteiger charge is -2.21. The Morgan fingerprint density at radius 1 is 0.970 bits per heavy atom. The summed E-state index contributed by atoms with van der Waals surface area (Å²) in [5, 5.41) is 31.5. The van der Waals surface area contributed by atoms with E-state index < -0.39 is 34.6 Å². The van der Waals surface area contributed by atoms with Gasteiger partial charge in [-0.3, -0.25) is 9.59 Å². The van der Waals surface area contributed by atoms with Gasteiger partial charge >= 0.3 is 5.97 Å². The summed E-state index contributed by atoms with van der Waals surface area (Å²) in [6.45, 7) is 1.87. The van der Waals surface area contributed by atoms with E-state index in [0.29, 0.717) is 11.1 Å². The number of phenolic OH excluding ortho intramolecular Hbond substituents is 3. The molecule has 3 aromatic carbocycles. The average Bonchev–Trinajstić information content (AvgIpc) is 2.82. The molecule has 4 rings (SSSR count). The van der Waals surface area contributed by atoms with Crippen LogP contribution in [0.3, 0.4) is 0 Å². The van der Waals surface area contributed by atoms with Crippen molar-refractivity contribution in [1.82, 2.24) is 0 Å². The van der Waals surface area contributed by atoms with Gasteiger partial charge < -0.3 is 24.5 Å². The number of benzene rings is 3. The van der Waals surface area contributed by atoms with Gasteiger partial charge in [-0.25, -0.2) is 0 Å². The smallest absolute Gasteiger partial charge is 0.306 e. The molecule has 0 bridgehead atoms. The SMILES string of the molecule is COC(=O)C[C@H](c1cccc(C)c1)c1c(O)c(O)c(O)c2c(=O)cc(-c3ccccc3)oc12. The third-order valence-electron chi connectivity index (χ3n) is 5.58. The number of aromatic hydroxyl groups is 3. The molecule has 0 amide bonds. The second-order valence-electron chi connectivity index (χ2n) is 7.75. The van der Waals surface area contributed by atoms with Crippen LogP contribution in [-0.2, 0) is 9.53 Å². The standard InChI is InChI=1S/C26H22O7/c1-14-7-6-10-16(11-14)17(12-20(28)32-2)21-23(29)25(31)24(30)22-18(27)13-19(33-26(21)22)15-8-4-3-5-9-15/h3-11,13,17,29-31H,12H2,1-2H3/t17-/m1/s1. The van der Waals surface area contributed by atoms with Crippen molar-refractivity contribution in [3.63, 3.8) is 0 Å². The molecule has 1 atom stereocenters. The molecule has 168 valence electrons. The van der Waals surface area contributed by atoms with Crippen LogP contribution in [0.1, 0.15) is 29.0 Å². The Hall–Kier alpha value is -4.26. The number of hydrogen-bond acceptors (Lipinski definition) is 7. The largest absolute Gasteiger partial charge is 0.504 e. The van der Waals surface area contributed by atoms with Gasteiger partial charge in [0.1, 0.15) is 16.7 Å². The summed E-state index contributed by atoms with van der Waals surface area (Å²) in [6.07, 6.45) is -0.202. The van der Waals surface area contributed by atoms with Gasteiger partial charge in [-0.1, -0.05) is 60.2 Å². The van der Waals surface area contributed by atoms with E-state index in [4.69, 9.17) is 9.15 Å². The summed E-state index contributed by atoms with van der Waals surface area (Å²) < 4.78 is 10.9. The number of esters is 1. The molecule has 0 aliphatic carbocycles. The summed E-state index contributed by atoms with van der Waals surface area (Å²) in [7, 11) is 1.25. The highest BCUT2D eigenvalue weighted by Crippen LogP contribution is 2.49. The van der Waals surface area contributed by atoms with Gasteiger partial charge in [-0.2, -0.15) is 0 Å². The van der Waals surface area contributed by atoms with Crippen LogP contribution in [0.4, 0.5) is 0 Å². The molecule has 0 saturated carbocycles. The zero-order chi connectivity index (χ0) is 23.7. The van der Waals surface area contributed by atoms with E-state index in [2.05, 4.69) is 0 Å². The molecule has 0 fully saturated rings. The zero-order valence-electron chi connectivity index (χ0n) is 18.0. The van der Waals surface area contributed by atoms with Crippen LogP contribution >= 0.6 is 0 Å². The highest BCUT2D eigenvalue weighted by atomic mass is 16.5. The van der Waals surface area contributed by atoms with Crippen molar-refractivity contribution in [3.05, 3.63) is 87.6 Å². The van der Waals surface area contributed by atoms with Crippen molar-refractivity contribution in [2.45, 2.75) is 19.3 Å². The lowest BCUT2D eigenvalue weighted by molar-refractivity contribution is -0.140. The third kappa shape index (κ3) is 4.01. The second kappa shape index (κ2) is 8.70. The lowest BCUT2D eigenvalue weighted by atomic mass is 9.85. The molecule has 7 heteroatoms. The van der Waals surface area contributed by atoms with E-state index in [1.807, 2.05) is 25.1 Å². The first kappa shape index (κ1) is 22.0. The number of carbonyl (C=O) groups excluding carboxylic acids is 1. The van der Waals surface area contributed by atoms with Gasteiger partial charge in [0, 0.05) is 23.1 Å². The van der Waals surface area contributed by atoms with E-state index in [1.54, 1.807) is 36.4 Å². The molecular weight excluding hydrogens is 424 g/mol. The number of hydrogen-bond donors (Lipinski definition) is 3. The maximum atomic E-state index is 13.0. The Morgan fingerprint density at radius 3 is 2.36 bits per heavy atom. The van der Waals surface area contributed by atoms with Crippen LogP contribution in [0, 0.1) is 6.92 Å². The Kier molecular flexibility index (Phi) is 5.79. The van der Waals surface area contributed by atoms with Gasteiger partial charge in [0.05, 0.1) is 13.5 Å². The van der Waals surface area contributed by atoms with Crippen molar-refractivity contribution in [3.8, 4) is 28.6 Å². The zero-order valence-corrected chi connectivity index (χ0v) is 18.0. The van der Waals surface area contributed by atoms with E-state index in [1.165, 1.54) is 13.2 Å². The van der Waals surface area contributed by atoms with Crippen LogP contribution < -0.4 is 5.43 Å². The number of rotatable bonds is 5. The van der Waals surface area contributed by atoms with Gasteiger partial charge in [-0.05, 0) is 12.5 Å². The minimum absolute atomic E-state index is 0.00572. The minimum Gasteiger partial charge on any atom is -0.504 e. The molecule has 33 heavy (non-hydrogen) atoms. The minimum atomic E-state index is -0.861. The molecule has 4 aromatic rings. The van der Waals surface area contributed by atoms with Crippen molar-refractivity contribution >= 4 is 16.9 Å². The van der Waals surface area contributed by atoms with Gasteiger partial charge in [-0.15, -0.1) is 0 Å². The summed E-state index contributed by atoms with van der Waals surface area (Å²) in [6, 6.07) is 17.3. The number of fused-ring (bicyclic) bond motifs is 1. The highest BCUT2D eigenvalue weighted by Gasteiger charge is 2.31. The monoisotopic (exact) mass is 446 g/mol. The molecule has 0 radical (unpaired) electrons. The fourth-order valence-corrected chi connectivity index (χ4v) is 3.96. The van der Waals surface area contributed by atoms with Crippen molar-refractivity contribution in [2.24, 2.45) is 0 Å². The van der Waals surface area contributed by atoms with Gasteiger partial charge in [0.15, 0.2) is 16.9 Å². The molecule has 0 aliphatic heterocycles. The molecule has 1 aromatic heterocycles. The predicted molar refractivity (Wildman–Crippen MR) is 123 cm³/mol. The van der Waals surface area contributed by atoms with Crippen molar-refractivity contribution < 1.29 is 29.3 Å². The topological polar surface area (TPSA) is 117 Å². The fourth-order valence-electron chi connectivity index (χ4n) is 3.96. The normalized spacial score (nSPS) is 11.9. The molecule has 1 heterocycles. The Bertz CT molecular complexity index is 1400. The summed E-state index contributed by atoms with van der Waals surface area (Å²) in [5.74, 6) is -3.52. The first-order chi connectivity index (χ1) is 15.8. The third-order valence-corrected chi connectivity index (χ3v) is 5.58. The number of aryl methyl sites for hydroxylation is 1. The first-order valence-corrected chi connectivity index (χ1v) is 10.2. The lowest BCUT2D eigenvalue weighted by Crippen LogP contribution is -2.12. The number of ether oxygens (including phenoxy) is 1. The van der Waals surface area contributed by atoms with Crippen LogP contribution in [0.5, 0.6) is 17.2 Å². The van der Waals surface area contributed by atoms with Gasteiger partial charge in [0.25, 0.3) is 0 Å². The van der Waals surface area contributed by atoms with Crippen molar-refractivity contribution in [1.29, 1.82) is 0 Å². The summed E-state index contributed by atoms with van der Waals surface area (Å²) >= 11 is 0. The molecular formula is C26H22O7. The molecule has 0 spiro atoms. The van der Waals surface area contributed by atoms with Crippen LogP contribution in [0.15, 0.2) is 69.9 Å². The summed E-state index contributed by atoms with van der Waals surface area (Å²) in [4.78, 5) is 25.3. The summed E-state index contributed by atoms with van der Waals surface area (Å²) in [5.41, 5.74) is 1.42. The van der Waals surface area contributed by atoms with E-state index in [-0.39, 0.29) is 28.7 Å². The maximum absolute atomic E-state index is 13.0. The number of carbonyl (C=O) groups is 1. The van der Waals surface area contributed by atoms with E-state index >= 15 is 0 Å². The molecule has 7 nitrogen and oxygen atoms in total. The Morgan fingerprint density at radius 2 is 1.70 bits per heavy atom. The number of phenols is 3. The van der Waals surface area contributed by atoms with Gasteiger partial charge in [0.2, 0.25) is 5.75 Å². The number of methoxy groups -OCH3 is 1. The molecule has 0 aliphatic rings. The second-order valence-corrected chi connectivity index (χ2v) is 7.75. The van der Waals surface area contributed by atoms with E-state index in [9.17, 15) is 24.9 Å². The highest BCUT2D eigenvalue weighted by molar-refractivity contribution is 5.93. The molecule has 3 N–H and O–H groups in total. The van der Waals surface area contributed by atoms with Crippen molar-refractivity contribution in [2.75, 3.05) is 7.11 Å². The quantitative estimate of drug-likeness (QED) is 0.303. The maximum Gasteiger partial charge on any atom is 0.306 e. The fraction of sp³-hybridized carbons (Fsp3) is 0.154. The van der Waals surface area contributed by atoms with E-state index in [0.717, 1.165) is 5.56 Å². The Balaban J connectivity index is 2.10. The molecule has 0 saturated heterocycles. The van der Waals surface area contributed by atoms with Crippen LogP contribution in [0.2, 0.25) is 0 Å². The Labute approximate surface area is 189 Å². The average molecular weight is 446 g/mol. The van der Waals surface area contributed by atoms with Crippen LogP contribution in [-0.4, -0.2) is 28.4 Å². The first-order valence-electron chi connectivity index (χ1n) is 10.2.